The molecule has 1 fully saturated rings. The molecule has 1 heterocycles. The van der Waals surface area contributed by atoms with Crippen molar-refractivity contribution in [2.75, 3.05) is 6.54 Å². The van der Waals surface area contributed by atoms with Crippen molar-refractivity contribution < 1.29 is 9.36 Å². The lowest BCUT2D eigenvalue weighted by atomic mass is 10.2. The van der Waals surface area contributed by atoms with Crippen LogP contribution in [0.2, 0.25) is 0 Å². The van der Waals surface area contributed by atoms with E-state index in [1.165, 1.54) is 0 Å². The fraction of sp³-hybridized carbons (Fsp3) is 0.136. The Balaban J connectivity index is 1.98. The molecule has 142 valence electrons. The highest BCUT2D eigenvalue weighted by Gasteiger charge is 2.44. The fourth-order valence-corrected chi connectivity index (χ4v) is 7.61. The first kappa shape index (κ1) is 19.1. The molecule has 3 aromatic carbocycles. The predicted molar refractivity (Wildman–Crippen MR) is 116 cm³/mol. The van der Waals surface area contributed by atoms with Crippen LogP contribution in [0.25, 0.3) is 0 Å². The normalized spacial score (nSPS) is 16.0. The molecule has 4 rings (SSSR count). The summed E-state index contributed by atoms with van der Waals surface area (Å²) in [6.45, 7) is 0.508. The van der Waals surface area contributed by atoms with E-state index in [-0.39, 0.29) is 5.91 Å². The Labute approximate surface area is 173 Å². The highest BCUT2D eigenvalue weighted by atomic mass is 79.9. The van der Waals surface area contributed by atoms with Gasteiger partial charge in [-0.3, -0.25) is 10.2 Å². The Morgan fingerprint density at radius 2 is 1.39 bits per heavy atom. The second kappa shape index (κ2) is 8.04. The summed E-state index contributed by atoms with van der Waals surface area (Å²) in [5.74, 6) is -0.566. The van der Waals surface area contributed by atoms with Crippen LogP contribution in [0.1, 0.15) is 17.8 Å². The minimum atomic E-state index is -3.18. The van der Waals surface area contributed by atoms with Gasteiger partial charge in [0.15, 0.2) is 7.14 Å². The van der Waals surface area contributed by atoms with Gasteiger partial charge >= 0.3 is 0 Å². The van der Waals surface area contributed by atoms with E-state index >= 15 is 0 Å². The van der Waals surface area contributed by atoms with E-state index < -0.39 is 12.9 Å². The van der Waals surface area contributed by atoms with E-state index in [0.717, 1.165) is 20.6 Å². The lowest BCUT2D eigenvalue weighted by Crippen LogP contribution is -2.40. The van der Waals surface area contributed by atoms with Gasteiger partial charge in [-0.2, -0.15) is 0 Å². The lowest BCUT2D eigenvalue weighted by molar-refractivity contribution is -0.121. The highest BCUT2D eigenvalue weighted by molar-refractivity contribution is 9.10. The summed E-state index contributed by atoms with van der Waals surface area (Å²) >= 11 is 3.64. The van der Waals surface area contributed by atoms with Crippen molar-refractivity contribution in [2.45, 2.75) is 12.2 Å². The van der Waals surface area contributed by atoms with Crippen molar-refractivity contribution in [3.05, 3.63) is 95.0 Å². The Kier molecular flexibility index (Phi) is 5.49. The van der Waals surface area contributed by atoms with Crippen molar-refractivity contribution >= 4 is 39.6 Å². The molecule has 1 amide bonds. The van der Waals surface area contributed by atoms with E-state index in [2.05, 4.69) is 21.4 Å². The number of carbonyl (C=O) groups excluding carboxylic acids is 1. The van der Waals surface area contributed by atoms with Crippen molar-refractivity contribution in [3.63, 3.8) is 0 Å². The van der Waals surface area contributed by atoms with Crippen molar-refractivity contribution in [1.29, 1.82) is 0 Å². The average Bonchev–Trinajstić information content (AvgIpc) is 3.16. The number of benzene rings is 3. The first-order valence-electron chi connectivity index (χ1n) is 9.12. The summed E-state index contributed by atoms with van der Waals surface area (Å²) in [5, 5.41) is 3.37. The maximum Gasteiger partial charge on any atom is 0.235 e. The van der Waals surface area contributed by atoms with Crippen molar-refractivity contribution in [2.24, 2.45) is 0 Å². The van der Waals surface area contributed by atoms with Crippen LogP contribution in [0.5, 0.6) is 0 Å². The van der Waals surface area contributed by atoms with E-state index in [1.807, 2.05) is 89.9 Å². The van der Waals surface area contributed by atoms with Gasteiger partial charge in [-0.1, -0.05) is 94.8 Å². The van der Waals surface area contributed by atoms with Gasteiger partial charge in [-0.05, 0) is 11.6 Å². The molecule has 0 bridgehead atoms. The Morgan fingerprint density at radius 1 is 0.857 bits per heavy atom. The zero-order valence-electron chi connectivity index (χ0n) is 15.2. The van der Waals surface area contributed by atoms with Gasteiger partial charge in [0.1, 0.15) is 5.78 Å². The van der Waals surface area contributed by atoms with Crippen LogP contribution in [0.4, 0.5) is 0 Å². The van der Waals surface area contributed by atoms with Crippen LogP contribution in [-0.2, 0) is 9.36 Å². The summed E-state index contributed by atoms with van der Waals surface area (Å²) in [5.41, 5.74) is 3.82. The second-order valence-electron chi connectivity index (χ2n) is 6.70. The zero-order chi connectivity index (χ0) is 19.6. The number of nitrogens with zero attached hydrogens (tertiary/aromatic N) is 1. The first-order valence-corrected chi connectivity index (χ1v) is 11.7. The van der Waals surface area contributed by atoms with Gasteiger partial charge < -0.3 is 4.57 Å². The van der Waals surface area contributed by atoms with Gasteiger partial charge in [-0.15, -0.1) is 0 Å². The third-order valence-electron chi connectivity index (χ3n) is 4.95. The molecule has 28 heavy (non-hydrogen) atoms. The molecule has 3 aromatic rings. The average molecular weight is 455 g/mol. The molecule has 1 N–H and O–H groups in total. The molecule has 1 aliphatic rings. The highest BCUT2D eigenvalue weighted by Crippen LogP contribution is 2.59. The molecule has 1 saturated heterocycles. The van der Waals surface area contributed by atoms with E-state index in [9.17, 15) is 9.36 Å². The van der Waals surface area contributed by atoms with Gasteiger partial charge in [0.25, 0.3) is 0 Å². The van der Waals surface area contributed by atoms with Gasteiger partial charge in [0, 0.05) is 28.0 Å². The number of nitrogens with one attached hydrogen (secondary N) is 1. The largest absolute Gasteiger partial charge is 0.312 e. The van der Waals surface area contributed by atoms with E-state index in [0.29, 0.717) is 13.0 Å². The number of hydrogen-bond acceptors (Lipinski definition) is 3. The number of carbonyl (C=O) groups is 1. The second-order valence-corrected chi connectivity index (χ2v) is 10.4. The number of amides is 1. The fourth-order valence-electron chi connectivity index (χ4n) is 3.65. The van der Waals surface area contributed by atoms with E-state index in [4.69, 9.17) is 0 Å². The summed E-state index contributed by atoms with van der Waals surface area (Å²) in [4.78, 5) is 12.0. The summed E-state index contributed by atoms with van der Waals surface area (Å²) in [6, 6.07) is 26.9. The number of rotatable bonds is 5. The smallest absolute Gasteiger partial charge is 0.235 e. The molecule has 0 aromatic heterocycles. The van der Waals surface area contributed by atoms with Crippen molar-refractivity contribution in [3.8, 4) is 0 Å². The quantitative estimate of drug-likeness (QED) is 0.587. The molecule has 0 unspecified atom stereocenters. The van der Waals surface area contributed by atoms with Crippen LogP contribution in [0, 0.1) is 0 Å². The third-order valence-corrected chi connectivity index (χ3v) is 9.05. The number of halogens is 1. The van der Waals surface area contributed by atoms with Crippen molar-refractivity contribution in [1.82, 2.24) is 10.4 Å². The maximum absolute atomic E-state index is 14.9. The Bertz CT molecular complexity index is 983. The van der Waals surface area contributed by atoms with Gasteiger partial charge in [0.05, 0.1) is 0 Å². The van der Waals surface area contributed by atoms with Gasteiger partial charge in [-0.25, -0.2) is 5.01 Å². The molecule has 0 saturated carbocycles. The summed E-state index contributed by atoms with van der Waals surface area (Å²) in [7, 11) is -3.18. The zero-order valence-corrected chi connectivity index (χ0v) is 17.6. The molecule has 0 aliphatic carbocycles. The Hall–Kier alpha value is -2.20. The molecule has 6 heteroatoms. The molecule has 1 atom stereocenters. The molecule has 1 aliphatic heterocycles. The van der Waals surface area contributed by atoms with Crippen LogP contribution in [0.15, 0.2) is 89.4 Å². The topological polar surface area (TPSA) is 49.4 Å². The monoisotopic (exact) mass is 454 g/mol. The number of hydrazine groups is 1. The van der Waals surface area contributed by atoms with Crippen LogP contribution >= 0.6 is 23.1 Å². The van der Waals surface area contributed by atoms with Crippen LogP contribution in [0.3, 0.4) is 0 Å². The standard InChI is InChI=1S/C22H20BrN2O2P/c23-20-14-8-7-13-19(20)22(25-16-15-21(26)24-25)28(27,17-9-3-1-4-10-17)18-11-5-2-6-12-18/h1-14,22H,15-16H2,(H,24,26)/t22-/m1/s1. The molecular formula is C22H20BrN2O2P. The third kappa shape index (κ3) is 3.46. The lowest BCUT2D eigenvalue weighted by Gasteiger charge is -2.35. The molecule has 4 nitrogen and oxygen atoms in total. The van der Waals surface area contributed by atoms with Crippen LogP contribution in [-0.4, -0.2) is 17.5 Å². The van der Waals surface area contributed by atoms with E-state index in [1.54, 1.807) is 0 Å². The summed E-state index contributed by atoms with van der Waals surface area (Å²) in [6.07, 6.45) is 0.393. The SMILES string of the molecule is O=C1CCN([C@@H](c2ccccc2Br)P(=O)(c2ccccc2)c2ccccc2)N1. The minimum absolute atomic E-state index is 0.0512. The van der Waals surface area contributed by atoms with Gasteiger partial charge in [0.2, 0.25) is 5.91 Å². The molecular weight excluding hydrogens is 435 g/mol. The molecule has 0 radical (unpaired) electrons. The number of hydrogen-bond donors (Lipinski definition) is 1. The maximum atomic E-state index is 14.9. The van der Waals surface area contributed by atoms with Crippen LogP contribution < -0.4 is 16.0 Å². The predicted octanol–water partition coefficient (Wildman–Crippen LogP) is 4.20. The molecule has 0 spiro atoms. The first-order chi connectivity index (χ1) is 13.6. The summed E-state index contributed by atoms with van der Waals surface area (Å²) < 4.78 is 15.8. The minimum Gasteiger partial charge on any atom is -0.312 e. The Morgan fingerprint density at radius 3 is 1.89 bits per heavy atom.